The monoisotopic (exact) mass is 221 g/mol. The molecule has 0 spiro atoms. The molecule has 1 N–H and O–H groups in total. The van der Waals surface area contributed by atoms with Crippen LogP contribution in [0.1, 0.15) is 22.3 Å². The molecule has 0 aromatic heterocycles. The first-order chi connectivity index (χ1) is 8.16. The van der Waals surface area contributed by atoms with E-state index in [2.05, 4.69) is 62.1 Å². The largest absolute Gasteiger partial charge is 0.354 e. The van der Waals surface area contributed by atoms with Gasteiger partial charge in [0, 0.05) is 22.5 Å². The van der Waals surface area contributed by atoms with Gasteiger partial charge in [0.2, 0.25) is 0 Å². The zero-order valence-electron chi connectivity index (χ0n) is 10.2. The Labute approximate surface area is 102 Å². The van der Waals surface area contributed by atoms with Crippen LogP contribution in [0.5, 0.6) is 0 Å². The zero-order valence-corrected chi connectivity index (χ0v) is 10.2. The highest BCUT2D eigenvalue weighted by Crippen LogP contribution is 2.41. The lowest BCUT2D eigenvalue weighted by Crippen LogP contribution is -2.07. The minimum absolute atomic E-state index is 1.12. The Balaban J connectivity index is 2.25. The maximum absolute atomic E-state index is 4.25. The molecule has 0 amide bonds. The average molecular weight is 221 g/mol. The van der Waals surface area contributed by atoms with Gasteiger partial charge in [-0.15, -0.1) is 0 Å². The lowest BCUT2D eigenvalue weighted by Gasteiger charge is -2.25. The van der Waals surface area contributed by atoms with Crippen molar-refractivity contribution < 1.29 is 0 Å². The fourth-order valence-corrected chi connectivity index (χ4v) is 2.48. The summed E-state index contributed by atoms with van der Waals surface area (Å²) in [5.41, 5.74) is 8.42. The zero-order chi connectivity index (χ0) is 12.0. The van der Waals surface area contributed by atoms with E-state index in [4.69, 9.17) is 0 Å². The Kier molecular flexibility index (Phi) is 2.08. The highest BCUT2D eigenvalue weighted by molar-refractivity contribution is 5.97. The maximum Gasteiger partial charge on any atom is 0.0466 e. The van der Waals surface area contributed by atoms with Crippen LogP contribution in [0.4, 0.5) is 11.4 Å². The Hall–Kier alpha value is -2.02. The number of benzene rings is 2. The van der Waals surface area contributed by atoms with E-state index < -0.39 is 0 Å². The van der Waals surface area contributed by atoms with Gasteiger partial charge in [0.25, 0.3) is 0 Å². The van der Waals surface area contributed by atoms with E-state index >= 15 is 0 Å². The summed E-state index contributed by atoms with van der Waals surface area (Å²) in [6.45, 7) is 8.48. The van der Waals surface area contributed by atoms with Crippen LogP contribution in [0.3, 0.4) is 0 Å². The molecule has 0 unspecified atom stereocenters. The third-order valence-corrected chi connectivity index (χ3v) is 3.34. The van der Waals surface area contributed by atoms with E-state index in [1.807, 2.05) is 0 Å². The van der Waals surface area contributed by atoms with Gasteiger partial charge in [0.1, 0.15) is 0 Å². The van der Waals surface area contributed by atoms with Gasteiger partial charge in [-0.1, -0.05) is 30.8 Å². The van der Waals surface area contributed by atoms with Crippen molar-refractivity contribution in [3.8, 4) is 0 Å². The first kappa shape index (κ1) is 10.2. The Morgan fingerprint density at radius 2 is 1.82 bits per heavy atom. The van der Waals surface area contributed by atoms with Crippen LogP contribution in [0.15, 0.2) is 43.0 Å². The van der Waals surface area contributed by atoms with Gasteiger partial charge >= 0.3 is 0 Å². The predicted molar refractivity (Wildman–Crippen MR) is 73.8 cm³/mol. The van der Waals surface area contributed by atoms with Crippen LogP contribution >= 0.6 is 0 Å². The molecule has 0 bridgehead atoms. The Morgan fingerprint density at radius 1 is 1.00 bits per heavy atom. The molecule has 84 valence electrons. The molecule has 0 radical (unpaired) electrons. The fourth-order valence-electron chi connectivity index (χ4n) is 2.48. The summed E-state index contributed by atoms with van der Waals surface area (Å²) in [5.74, 6) is 0. The van der Waals surface area contributed by atoms with Crippen LogP contribution in [0.2, 0.25) is 0 Å². The first-order valence-electron chi connectivity index (χ1n) is 5.84. The molecular weight excluding hydrogens is 206 g/mol. The van der Waals surface area contributed by atoms with E-state index in [0.717, 1.165) is 16.9 Å². The van der Waals surface area contributed by atoms with E-state index in [1.165, 1.54) is 22.3 Å². The number of anilines is 2. The molecule has 2 aromatic carbocycles. The van der Waals surface area contributed by atoms with Gasteiger partial charge in [0.05, 0.1) is 0 Å². The second-order valence-corrected chi connectivity index (χ2v) is 4.65. The van der Waals surface area contributed by atoms with Crippen LogP contribution in [0.25, 0.3) is 5.57 Å². The molecule has 3 rings (SSSR count). The molecule has 2 aromatic rings. The number of hydrogen-bond donors (Lipinski definition) is 1. The molecule has 1 aliphatic heterocycles. The summed E-state index contributed by atoms with van der Waals surface area (Å²) in [6.07, 6.45) is 0. The number of rotatable bonds is 0. The van der Waals surface area contributed by atoms with Crippen molar-refractivity contribution >= 4 is 16.9 Å². The second-order valence-electron chi connectivity index (χ2n) is 4.65. The Bertz CT molecular complexity index is 623. The molecule has 17 heavy (non-hydrogen) atoms. The quantitative estimate of drug-likeness (QED) is 0.592. The number of nitrogens with one attached hydrogen (secondary N) is 1. The van der Waals surface area contributed by atoms with Crippen LogP contribution < -0.4 is 5.32 Å². The molecule has 1 aliphatic rings. The molecule has 1 heterocycles. The molecule has 0 saturated carbocycles. The first-order valence-corrected chi connectivity index (χ1v) is 5.84. The maximum atomic E-state index is 4.25. The van der Waals surface area contributed by atoms with E-state index in [-0.39, 0.29) is 0 Å². The van der Waals surface area contributed by atoms with Crippen molar-refractivity contribution in [2.24, 2.45) is 0 Å². The summed E-state index contributed by atoms with van der Waals surface area (Å²) in [7, 11) is 0. The third-order valence-electron chi connectivity index (χ3n) is 3.34. The summed E-state index contributed by atoms with van der Waals surface area (Å²) in [6, 6.07) is 12.8. The molecule has 1 nitrogen and oxygen atoms in total. The lowest BCUT2D eigenvalue weighted by atomic mass is 9.89. The molecule has 0 aliphatic carbocycles. The molecule has 0 saturated heterocycles. The van der Waals surface area contributed by atoms with Gasteiger partial charge < -0.3 is 5.32 Å². The smallest absolute Gasteiger partial charge is 0.0466 e. The van der Waals surface area contributed by atoms with Crippen LogP contribution in [0, 0.1) is 13.8 Å². The van der Waals surface area contributed by atoms with Gasteiger partial charge in [-0.2, -0.15) is 0 Å². The van der Waals surface area contributed by atoms with Crippen molar-refractivity contribution in [2.75, 3.05) is 5.32 Å². The number of fused-ring (bicyclic) bond motifs is 2. The van der Waals surface area contributed by atoms with Crippen molar-refractivity contribution in [2.45, 2.75) is 13.8 Å². The SMILES string of the molecule is C=C1c2ccc(C)cc2Nc2cccc(C)c21. The van der Waals surface area contributed by atoms with Crippen LogP contribution in [-0.2, 0) is 0 Å². The molecular formula is C16H15N. The van der Waals surface area contributed by atoms with Crippen molar-refractivity contribution in [3.05, 3.63) is 65.2 Å². The lowest BCUT2D eigenvalue weighted by molar-refractivity contribution is 1.35. The standard InChI is InChI=1S/C16H15N/c1-10-7-8-13-12(3)16-11(2)5-4-6-14(16)17-15(13)9-10/h4-9,17H,3H2,1-2H3. The van der Waals surface area contributed by atoms with Gasteiger partial charge in [-0.05, 0) is 42.7 Å². The van der Waals surface area contributed by atoms with E-state index in [1.54, 1.807) is 0 Å². The summed E-state index contributed by atoms with van der Waals surface area (Å²) < 4.78 is 0. The highest BCUT2D eigenvalue weighted by atomic mass is 14.9. The highest BCUT2D eigenvalue weighted by Gasteiger charge is 2.19. The van der Waals surface area contributed by atoms with Crippen LogP contribution in [-0.4, -0.2) is 0 Å². The third kappa shape index (κ3) is 1.47. The second kappa shape index (κ2) is 3.49. The molecule has 1 heteroatoms. The summed E-state index contributed by atoms with van der Waals surface area (Å²) in [5, 5.41) is 3.49. The predicted octanol–water partition coefficient (Wildman–Crippen LogP) is 4.42. The minimum Gasteiger partial charge on any atom is -0.354 e. The van der Waals surface area contributed by atoms with Gasteiger partial charge in [0.15, 0.2) is 0 Å². The molecule has 0 fully saturated rings. The molecule has 0 atom stereocenters. The normalized spacial score (nSPS) is 12.7. The average Bonchev–Trinajstić information content (AvgIpc) is 2.28. The van der Waals surface area contributed by atoms with Crippen molar-refractivity contribution in [1.29, 1.82) is 0 Å². The van der Waals surface area contributed by atoms with E-state index in [0.29, 0.717) is 0 Å². The van der Waals surface area contributed by atoms with Crippen molar-refractivity contribution in [3.63, 3.8) is 0 Å². The van der Waals surface area contributed by atoms with Gasteiger partial charge in [-0.25, -0.2) is 0 Å². The Morgan fingerprint density at radius 3 is 2.65 bits per heavy atom. The fraction of sp³-hybridized carbons (Fsp3) is 0.125. The summed E-state index contributed by atoms with van der Waals surface area (Å²) >= 11 is 0. The summed E-state index contributed by atoms with van der Waals surface area (Å²) in [4.78, 5) is 0. The van der Waals surface area contributed by atoms with Crippen molar-refractivity contribution in [1.82, 2.24) is 0 Å². The minimum atomic E-state index is 1.12. The number of aryl methyl sites for hydroxylation is 2. The number of hydrogen-bond acceptors (Lipinski definition) is 1. The topological polar surface area (TPSA) is 12.0 Å². The van der Waals surface area contributed by atoms with E-state index in [9.17, 15) is 0 Å². The van der Waals surface area contributed by atoms with Gasteiger partial charge in [-0.3, -0.25) is 0 Å².